The number of carboxylic acid groups (broad SMARTS) is 1. The summed E-state index contributed by atoms with van der Waals surface area (Å²) in [6.45, 7) is 6.43. The molecule has 1 aliphatic heterocycles. The fourth-order valence-corrected chi connectivity index (χ4v) is 5.18. The molecule has 4 rings (SSSR count). The van der Waals surface area contributed by atoms with Crippen LogP contribution in [0.25, 0.3) is 0 Å². The van der Waals surface area contributed by atoms with Crippen LogP contribution in [0.1, 0.15) is 19.4 Å². The molecule has 3 unspecified atom stereocenters. The molecule has 2 aliphatic rings. The van der Waals surface area contributed by atoms with Crippen LogP contribution in [-0.2, 0) is 11.2 Å². The van der Waals surface area contributed by atoms with Crippen molar-refractivity contribution in [2.75, 3.05) is 5.75 Å². The number of nitrogens with zero attached hydrogens (tertiary/aromatic N) is 1. The number of nitriles is 1. The average molecular weight is 492 g/mol. The largest absolute Gasteiger partial charge is 0.481 e. The van der Waals surface area contributed by atoms with Crippen LogP contribution in [0.2, 0.25) is 0 Å². The van der Waals surface area contributed by atoms with Crippen LogP contribution in [0.5, 0.6) is 11.5 Å². The lowest BCUT2D eigenvalue weighted by molar-refractivity contribution is -0.145. The van der Waals surface area contributed by atoms with E-state index >= 15 is 0 Å². The van der Waals surface area contributed by atoms with Crippen molar-refractivity contribution in [1.82, 2.24) is 0 Å². The number of aliphatic carboxylic acids is 1. The molecule has 1 saturated carbocycles. The number of rotatable bonds is 7. The number of carbonyl (C=O) groups is 1. The Balaban J connectivity index is 0.000000690. The molecule has 4 nitrogen and oxygen atoms in total. The number of carboxylic acids is 1. The Hall–Kier alpha value is -2.56. The molecule has 2 aromatic rings. The molecule has 8 heteroatoms. The fourth-order valence-electron chi connectivity index (χ4n) is 4.89. The zero-order valence-corrected chi connectivity index (χ0v) is 19.8. The minimum Gasteiger partial charge on any atom is -0.481 e. The van der Waals surface area contributed by atoms with E-state index in [1.165, 1.54) is 19.6 Å². The second kappa shape index (κ2) is 9.36. The van der Waals surface area contributed by atoms with Gasteiger partial charge in [-0.3, -0.25) is 4.79 Å². The Morgan fingerprint density at radius 2 is 1.85 bits per heavy atom. The molecule has 1 aliphatic carbocycles. The molecule has 0 spiro atoms. The maximum Gasteiger partial charge on any atom is 0.316 e. The number of hydrogen-bond donors (Lipinski definition) is 1. The van der Waals surface area contributed by atoms with Crippen LogP contribution >= 0.6 is 23.4 Å². The van der Waals surface area contributed by atoms with E-state index in [1.54, 1.807) is 54.2 Å². The van der Waals surface area contributed by atoms with Gasteiger partial charge in [0.05, 0.1) is 16.2 Å². The summed E-state index contributed by atoms with van der Waals surface area (Å²) in [4.78, 5) is 12.1. The Morgan fingerprint density at radius 1 is 1.27 bits per heavy atom. The summed E-state index contributed by atoms with van der Waals surface area (Å²) in [5, 5.41) is 19.2. The first kappa shape index (κ1) is 25.1. The zero-order chi connectivity index (χ0) is 24.4. The maximum atomic E-state index is 14.4. The van der Waals surface area contributed by atoms with Gasteiger partial charge in [0.15, 0.2) is 0 Å². The minimum atomic E-state index is -2.96. The molecule has 2 aromatic carbocycles. The van der Waals surface area contributed by atoms with Gasteiger partial charge in [-0.05, 0) is 41.7 Å². The third-order valence-corrected chi connectivity index (χ3v) is 7.93. The second-order valence-electron chi connectivity index (χ2n) is 8.53. The topological polar surface area (TPSA) is 70.3 Å². The van der Waals surface area contributed by atoms with E-state index in [-0.39, 0.29) is 12.0 Å². The van der Waals surface area contributed by atoms with Crippen LogP contribution < -0.4 is 4.74 Å². The smallest absolute Gasteiger partial charge is 0.316 e. The number of halogens is 3. The molecular formula is C25H24ClF2NO3S. The number of alkyl halides is 3. The zero-order valence-electron chi connectivity index (χ0n) is 18.2. The average Bonchev–Trinajstić information content (AvgIpc) is 3.64. The number of thioether (sulfide) groups is 1. The summed E-state index contributed by atoms with van der Waals surface area (Å²) in [7, 11) is 0. The van der Waals surface area contributed by atoms with Crippen LogP contribution in [0.3, 0.4) is 0 Å². The lowest BCUT2D eigenvalue weighted by Gasteiger charge is -2.22. The Morgan fingerprint density at radius 3 is 2.33 bits per heavy atom. The Kier molecular flexibility index (Phi) is 7.11. The maximum absolute atomic E-state index is 14.4. The molecule has 33 heavy (non-hydrogen) atoms. The van der Waals surface area contributed by atoms with Gasteiger partial charge < -0.3 is 9.84 Å². The van der Waals surface area contributed by atoms with Crippen molar-refractivity contribution < 1.29 is 23.4 Å². The molecule has 1 N–H and O–H groups in total. The standard InChI is InChI=1S/C23H21F2NO3.C2H3ClS/c1-15(14-26)23(20(27)28)21(2,3)22(23,19(24)25)13-16-8-7-11-18(12-16)29-17-9-5-4-6-10-17;3-2-1-4-2/h4-12,19H,1,13H2,2-3H3,(H,27,28);2H,1H2. The first-order chi connectivity index (χ1) is 15.5. The van der Waals surface area contributed by atoms with E-state index in [1.807, 2.05) is 18.2 Å². The lowest BCUT2D eigenvalue weighted by atomic mass is 9.83. The van der Waals surface area contributed by atoms with Crippen molar-refractivity contribution in [3.63, 3.8) is 0 Å². The van der Waals surface area contributed by atoms with Crippen LogP contribution in [0, 0.1) is 27.6 Å². The summed E-state index contributed by atoms with van der Waals surface area (Å²) >= 11 is 7.14. The van der Waals surface area contributed by atoms with Crippen molar-refractivity contribution in [1.29, 1.82) is 5.26 Å². The van der Waals surface area contributed by atoms with Crippen molar-refractivity contribution in [2.45, 2.75) is 31.4 Å². The summed E-state index contributed by atoms with van der Waals surface area (Å²) in [5.74, 6) is 0.766. The van der Waals surface area contributed by atoms with Crippen LogP contribution in [-0.4, -0.2) is 28.0 Å². The van der Waals surface area contributed by atoms with E-state index in [9.17, 15) is 23.9 Å². The SMILES string of the molecule is C=C(C#N)C1(C(=O)O)C(C)(C)C1(Cc1cccc(Oc2ccccc2)c1)C(F)F.ClC1CS1. The third kappa shape index (κ3) is 4.22. The molecule has 0 radical (unpaired) electrons. The molecule has 2 fully saturated rings. The van der Waals surface area contributed by atoms with Crippen molar-refractivity contribution in [2.24, 2.45) is 16.2 Å². The molecular weight excluding hydrogens is 468 g/mol. The molecule has 1 saturated heterocycles. The second-order valence-corrected chi connectivity index (χ2v) is 10.5. The monoisotopic (exact) mass is 491 g/mol. The number of hydrogen-bond acceptors (Lipinski definition) is 4. The summed E-state index contributed by atoms with van der Waals surface area (Å²) in [6, 6.07) is 17.4. The third-order valence-electron chi connectivity index (χ3n) is 6.59. The lowest BCUT2D eigenvalue weighted by Crippen LogP contribution is -2.31. The van der Waals surface area contributed by atoms with E-state index in [2.05, 4.69) is 6.58 Å². The minimum absolute atomic E-state index is 0.226. The number of ether oxygens (including phenoxy) is 1. The van der Waals surface area contributed by atoms with E-state index < -0.39 is 28.6 Å². The van der Waals surface area contributed by atoms with Gasteiger partial charge in [0.2, 0.25) is 6.43 Å². The molecule has 0 amide bonds. The first-order valence-electron chi connectivity index (χ1n) is 10.2. The fraction of sp³-hybridized carbons (Fsp3) is 0.360. The van der Waals surface area contributed by atoms with Gasteiger partial charge in [0.1, 0.15) is 16.9 Å². The van der Waals surface area contributed by atoms with Gasteiger partial charge >= 0.3 is 5.97 Å². The molecule has 0 bridgehead atoms. The highest BCUT2D eigenvalue weighted by atomic mass is 35.5. The molecule has 174 valence electrons. The van der Waals surface area contributed by atoms with Crippen LogP contribution in [0.4, 0.5) is 8.78 Å². The van der Waals surface area contributed by atoms with Gasteiger partial charge in [0, 0.05) is 11.3 Å². The first-order valence-corrected chi connectivity index (χ1v) is 11.7. The normalized spacial score (nSPS) is 26.4. The van der Waals surface area contributed by atoms with Crippen LogP contribution in [0.15, 0.2) is 66.7 Å². The Bertz CT molecular complexity index is 1080. The number of benzene rings is 2. The predicted octanol–water partition coefficient (Wildman–Crippen LogP) is 6.76. The van der Waals surface area contributed by atoms with Gasteiger partial charge in [-0.15, -0.1) is 23.4 Å². The van der Waals surface area contributed by atoms with Crippen molar-refractivity contribution in [3.8, 4) is 17.6 Å². The highest BCUT2D eigenvalue weighted by Crippen LogP contribution is 2.83. The number of para-hydroxylation sites is 1. The summed E-state index contributed by atoms with van der Waals surface area (Å²) in [5.41, 5.74) is -5.19. The Labute approximate surface area is 201 Å². The molecule has 3 atom stereocenters. The molecule has 1 heterocycles. The van der Waals surface area contributed by atoms with Crippen molar-refractivity contribution >= 4 is 29.3 Å². The van der Waals surface area contributed by atoms with E-state index in [0.29, 0.717) is 21.8 Å². The summed E-state index contributed by atoms with van der Waals surface area (Å²) < 4.78 is 35.1. The van der Waals surface area contributed by atoms with Gasteiger partial charge in [-0.1, -0.05) is 50.8 Å². The van der Waals surface area contributed by atoms with E-state index in [4.69, 9.17) is 16.3 Å². The van der Waals surface area contributed by atoms with Crippen molar-refractivity contribution in [3.05, 3.63) is 72.3 Å². The van der Waals surface area contributed by atoms with Gasteiger partial charge in [0.25, 0.3) is 0 Å². The summed E-state index contributed by atoms with van der Waals surface area (Å²) in [6.07, 6.45) is -3.19. The predicted molar refractivity (Wildman–Crippen MR) is 126 cm³/mol. The highest BCUT2D eigenvalue weighted by Gasteiger charge is 2.90. The van der Waals surface area contributed by atoms with E-state index in [0.717, 1.165) is 0 Å². The quantitative estimate of drug-likeness (QED) is 0.263. The van der Waals surface area contributed by atoms with Gasteiger partial charge in [-0.2, -0.15) is 5.26 Å². The molecule has 0 aromatic heterocycles. The van der Waals surface area contributed by atoms with Gasteiger partial charge in [-0.25, -0.2) is 8.78 Å². The highest BCUT2D eigenvalue weighted by molar-refractivity contribution is 8.08.